The van der Waals surface area contributed by atoms with Crippen molar-refractivity contribution in [2.45, 2.75) is 0 Å². The second kappa shape index (κ2) is 2.92. The zero-order valence-corrected chi connectivity index (χ0v) is 7.01. The molecule has 1 rings (SSSR count). The summed E-state index contributed by atoms with van der Waals surface area (Å²) in [4.78, 5) is 0. The van der Waals surface area contributed by atoms with Gasteiger partial charge in [-0.2, -0.15) is 0 Å². The summed E-state index contributed by atoms with van der Waals surface area (Å²) < 4.78 is 5.51. The van der Waals surface area contributed by atoms with Crippen molar-refractivity contribution in [2.24, 2.45) is 0 Å². The largest absolute Gasteiger partial charge is 0.492 e. The smallest absolute Gasteiger partial charge is 0.221 e. The average molecular weight is 202 g/mol. The number of methoxy groups -OCH3 is 1. The maximum Gasteiger partial charge on any atom is 0.221 e. The first-order valence-corrected chi connectivity index (χ1v) is 3.54. The molecule has 0 spiro atoms. The van der Waals surface area contributed by atoms with Crippen molar-refractivity contribution >= 4 is 15.9 Å². The lowest BCUT2D eigenvalue weighted by molar-refractivity contribution is 0.314. The van der Waals surface area contributed by atoms with Crippen molar-refractivity contribution in [1.29, 1.82) is 0 Å². The van der Waals surface area contributed by atoms with Crippen LogP contribution in [0.2, 0.25) is 0 Å². The van der Waals surface area contributed by atoms with Crippen LogP contribution in [0.1, 0.15) is 0 Å². The molecule has 0 atom stereocenters. The molecule has 0 aromatic heterocycles. The van der Waals surface area contributed by atoms with E-state index >= 15 is 0 Å². The number of benzene rings is 1. The van der Waals surface area contributed by atoms with E-state index < -0.39 is 0 Å². The monoisotopic (exact) mass is 201 g/mol. The highest BCUT2D eigenvalue weighted by atomic mass is 79.9. The molecule has 2 nitrogen and oxygen atoms in total. The molecule has 0 saturated carbocycles. The quantitative estimate of drug-likeness (QED) is 0.687. The fourth-order valence-corrected chi connectivity index (χ4v) is 1.20. The molecule has 0 amide bonds. The molecular formula is C7H6BrO2. The third kappa shape index (κ3) is 1.24. The van der Waals surface area contributed by atoms with Gasteiger partial charge < -0.3 is 4.74 Å². The van der Waals surface area contributed by atoms with E-state index in [4.69, 9.17) is 4.74 Å². The van der Waals surface area contributed by atoms with Gasteiger partial charge in [-0.15, -0.1) is 0 Å². The Hall–Kier alpha value is -0.700. The van der Waals surface area contributed by atoms with Crippen LogP contribution in [0.15, 0.2) is 22.7 Å². The van der Waals surface area contributed by atoms with Gasteiger partial charge in [0.25, 0.3) is 0 Å². The Morgan fingerprint density at radius 3 is 2.60 bits per heavy atom. The van der Waals surface area contributed by atoms with Crippen LogP contribution in [0.5, 0.6) is 11.5 Å². The molecule has 3 heteroatoms. The molecule has 0 aliphatic heterocycles. The maximum atomic E-state index is 10.9. The van der Waals surface area contributed by atoms with Gasteiger partial charge >= 0.3 is 0 Å². The van der Waals surface area contributed by atoms with Gasteiger partial charge in [0.05, 0.1) is 11.6 Å². The minimum atomic E-state index is -0.100. The van der Waals surface area contributed by atoms with Crippen molar-refractivity contribution in [3.05, 3.63) is 22.7 Å². The van der Waals surface area contributed by atoms with Crippen molar-refractivity contribution in [3.63, 3.8) is 0 Å². The van der Waals surface area contributed by atoms with E-state index in [0.29, 0.717) is 10.2 Å². The van der Waals surface area contributed by atoms with E-state index in [2.05, 4.69) is 15.9 Å². The molecular weight excluding hydrogens is 196 g/mol. The van der Waals surface area contributed by atoms with E-state index in [1.54, 1.807) is 12.1 Å². The van der Waals surface area contributed by atoms with E-state index in [9.17, 15) is 5.11 Å². The summed E-state index contributed by atoms with van der Waals surface area (Å²) in [7, 11) is 1.47. The van der Waals surface area contributed by atoms with E-state index in [1.807, 2.05) is 0 Å². The summed E-state index contributed by atoms with van der Waals surface area (Å²) in [5, 5.41) is 10.9. The number of rotatable bonds is 1. The van der Waals surface area contributed by atoms with Crippen molar-refractivity contribution in [2.75, 3.05) is 7.11 Å². The fourth-order valence-electron chi connectivity index (χ4n) is 0.687. The van der Waals surface area contributed by atoms with Crippen LogP contribution in [0.3, 0.4) is 0 Å². The van der Waals surface area contributed by atoms with Crippen LogP contribution in [-0.4, -0.2) is 7.11 Å². The van der Waals surface area contributed by atoms with Gasteiger partial charge in [0.15, 0.2) is 5.75 Å². The van der Waals surface area contributed by atoms with Crippen LogP contribution in [-0.2, 0) is 5.11 Å². The lowest BCUT2D eigenvalue weighted by Crippen LogP contribution is -1.83. The number of ether oxygens (including phenoxy) is 1. The fraction of sp³-hybridized carbons (Fsp3) is 0.143. The number of hydrogen-bond donors (Lipinski definition) is 0. The summed E-state index contributed by atoms with van der Waals surface area (Å²) in [5.41, 5.74) is 0. The van der Waals surface area contributed by atoms with E-state index in [1.165, 1.54) is 13.2 Å². The van der Waals surface area contributed by atoms with Gasteiger partial charge in [0.2, 0.25) is 5.75 Å². The van der Waals surface area contributed by atoms with Crippen molar-refractivity contribution in [3.8, 4) is 11.5 Å². The predicted octanol–water partition coefficient (Wildman–Crippen LogP) is 2.60. The maximum absolute atomic E-state index is 10.9. The van der Waals surface area contributed by atoms with Crippen LogP contribution < -0.4 is 4.74 Å². The van der Waals surface area contributed by atoms with E-state index in [0.717, 1.165) is 0 Å². The Labute approximate surface area is 67.6 Å². The highest BCUT2D eigenvalue weighted by Crippen LogP contribution is 2.33. The first-order valence-electron chi connectivity index (χ1n) is 2.75. The molecule has 0 unspecified atom stereocenters. The molecule has 1 radical (unpaired) electrons. The zero-order chi connectivity index (χ0) is 7.56. The van der Waals surface area contributed by atoms with Gasteiger partial charge in [-0.1, -0.05) is 6.07 Å². The van der Waals surface area contributed by atoms with Crippen LogP contribution in [0.25, 0.3) is 0 Å². The molecule has 10 heavy (non-hydrogen) atoms. The summed E-state index contributed by atoms with van der Waals surface area (Å²) in [6.07, 6.45) is 0. The predicted molar refractivity (Wildman–Crippen MR) is 40.8 cm³/mol. The Bertz CT molecular complexity index is 215. The lowest BCUT2D eigenvalue weighted by Gasteiger charge is -2.01. The topological polar surface area (TPSA) is 29.1 Å². The van der Waals surface area contributed by atoms with Gasteiger partial charge in [-0.3, -0.25) is 5.11 Å². The van der Waals surface area contributed by atoms with Crippen LogP contribution in [0, 0.1) is 0 Å². The summed E-state index contributed by atoms with van der Waals surface area (Å²) >= 11 is 3.18. The molecule has 0 saturated heterocycles. The molecule has 53 valence electrons. The summed E-state index contributed by atoms with van der Waals surface area (Å²) in [6, 6.07) is 4.90. The summed E-state index contributed by atoms with van der Waals surface area (Å²) in [6.45, 7) is 0. The van der Waals surface area contributed by atoms with E-state index in [-0.39, 0.29) is 5.75 Å². The van der Waals surface area contributed by atoms with Gasteiger partial charge in [-0.25, -0.2) is 0 Å². The number of hydrogen-bond acceptors (Lipinski definition) is 1. The molecule has 0 bridgehead atoms. The van der Waals surface area contributed by atoms with Crippen LogP contribution >= 0.6 is 15.9 Å². The number of para-hydroxylation sites is 1. The van der Waals surface area contributed by atoms with Gasteiger partial charge in [0, 0.05) is 0 Å². The molecule has 0 aliphatic carbocycles. The first kappa shape index (κ1) is 7.41. The van der Waals surface area contributed by atoms with Gasteiger partial charge in [0.1, 0.15) is 0 Å². The minimum absolute atomic E-state index is 0.100. The Morgan fingerprint density at radius 1 is 1.50 bits per heavy atom. The van der Waals surface area contributed by atoms with Crippen molar-refractivity contribution < 1.29 is 9.84 Å². The number of halogens is 1. The van der Waals surface area contributed by atoms with Gasteiger partial charge in [-0.05, 0) is 28.1 Å². The summed E-state index contributed by atoms with van der Waals surface area (Å²) in [5.74, 6) is 0.263. The Morgan fingerprint density at radius 2 is 2.20 bits per heavy atom. The Balaban J connectivity index is 3.17. The third-order valence-electron chi connectivity index (χ3n) is 1.13. The first-order chi connectivity index (χ1) is 4.75. The lowest BCUT2D eigenvalue weighted by atomic mass is 10.3. The standard InChI is InChI=1S/C7H6BrO2/c1-10-7-5(8)3-2-4-6(7)9/h2-4H,1H3. The highest BCUT2D eigenvalue weighted by molar-refractivity contribution is 9.10. The second-order valence-electron chi connectivity index (χ2n) is 1.77. The Kier molecular flexibility index (Phi) is 2.17. The van der Waals surface area contributed by atoms with Crippen molar-refractivity contribution in [1.82, 2.24) is 0 Å². The van der Waals surface area contributed by atoms with Crippen LogP contribution in [0.4, 0.5) is 0 Å². The SMILES string of the molecule is COc1c([O])cccc1Br. The molecule has 0 N–H and O–H groups in total. The third-order valence-corrected chi connectivity index (χ3v) is 1.76. The minimum Gasteiger partial charge on any atom is -0.492 e. The molecule has 1 aromatic carbocycles. The normalized spacial score (nSPS) is 9.40. The molecule has 0 fully saturated rings. The highest BCUT2D eigenvalue weighted by Gasteiger charge is 2.05. The molecule has 0 aliphatic rings. The second-order valence-corrected chi connectivity index (χ2v) is 2.63. The average Bonchev–Trinajstić information content (AvgIpc) is 1.88. The molecule has 1 aromatic rings. The molecule has 0 heterocycles. The zero-order valence-electron chi connectivity index (χ0n) is 5.43.